The Bertz CT molecular complexity index is 502. The highest BCUT2D eigenvalue weighted by molar-refractivity contribution is 5.86. The van der Waals surface area contributed by atoms with E-state index in [1.165, 1.54) is 5.56 Å². The molecule has 2 N–H and O–H groups in total. The molecular weight excluding hydrogens is 254 g/mol. The Morgan fingerprint density at radius 3 is 2.90 bits per heavy atom. The second-order valence-corrected chi connectivity index (χ2v) is 5.08. The number of anilines is 1. The van der Waals surface area contributed by atoms with Gasteiger partial charge in [0, 0.05) is 32.7 Å². The maximum absolute atomic E-state index is 12.3. The average Bonchev–Trinajstić information content (AvgIpc) is 2.50. The lowest BCUT2D eigenvalue weighted by Gasteiger charge is -2.29. The minimum Gasteiger partial charge on any atom is -0.373 e. The van der Waals surface area contributed by atoms with Crippen molar-refractivity contribution in [2.45, 2.75) is 25.3 Å². The number of carbonyl (C=O) groups excluding carboxylic acids is 2. The number of rotatable bonds is 4. The molecule has 1 aliphatic rings. The summed E-state index contributed by atoms with van der Waals surface area (Å²) in [6, 6.07) is 7.86. The van der Waals surface area contributed by atoms with Gasteiger partial charge in [-0.3, -0.25) is 9.59 Å². The van der Waals surface area contributed by atoms with E-state index in [0.717, 1.165) is 18.5 Å². The highest BCUT2D eigenvalue weighted by Crippen LogP contribution is 2.24. The van der Waals surface area contributed by atoms with Gasteiger partial charge in [0.1, 0.15) is 6.04 Å². The van der Waals surface area contributed by atoms with Crippen molar-refractivity contribution in [1.82, 2.24) is 10.2 Å². The number of amides is 2. The molecule has 0 spiro atoms. The number of hydrogen-bond acceptors (Lipinski definition) is 3. The first kappa shape index (κ1) is 14.4. The van der Waals surface area contributed by atoms with Crippen LogP contribution in [0, 0.1) is 0 Å². The van der Waals surface area contributed by atoms with Crippen LogP contribution < -0.4 is 10.6 Å². The number of nitrogens with one attached hydrogen (secondary N) is 2. The van der Waals surface area contributed by atoms with Crippen LogP contribution in [0.5, 0.6) is 0 Å². The van der Waals surface area contributed by atoms with Crippen molar-refractivity contribution in [2.75, 3.05) is 26.0 Å². The van der Waals surface area contributed by atoms with Gasteiger partial charge >= 0.3 is 0 Å². The van der Waals surface area contributed by atoms with Crippen molar-refractivity contribution in [2.24, 2.45) is 0 Å². The fourth-order valence-corrected chi connectivity index (χ4v) is 2.39. The number of likely N-dealkylation sites (N-methyl/N-ethyl adjacent to an activating group) is 1. The highest BCUT2D eigenvalue weighted by atomic mass is 16.2. The van der Waals surface area contributed by atoms with Crippen molar-refractivity contribution >= 4 is 17.5 Å². The van der Waals surface area contributed by atoms with E-state index >= 15 is 0 Å². The zero-order valence-corrected chi connectivity index (χ0v) is 12.0. The summed E-state index contributed by atoms with van der Waals surface area (Å²) >= 11 is 0. The number of hydrogen-bond donors (Lipinski definition) is 2. The fraction of sp³-hybridized carbons (Fsp3) is 0.467. The molecule has 0 aliphatic carbocycles. The minimum absolute atomic E-state index is 0.0448. The number of carbonyl (C=O) groups is 2. The predicted octanol–water partition coefficient (Wildman–Crippen LogP) is 1.01. The molecule has 0 saturated heterocycles. The van der Waals surface area contributed by atoms with Crippen LogP contribution in [0.2, 0.25) is 0 Å². The van der Waals surface area contributed by atoms with Crippen molar-refractivity contribution in [3.8, 4) is 0 Å². The van der Waals surface area contributed by atoms with Crippen LogP contribution in [-0.4, -0.2) is 43.4 Å². The molecule has 0 bridgehead atoms. The normalized spacial score (nSPS) is 16.8. The predicted molar refractivity (Wildman–Crippen MR) is 78.5 cm³/mol. The Morgan fingerprint density at radius 1 is 1.40 bits per heavy atom. The standard InChI is InChI=1S/C15H21N3O2/c1-16-14(19)9-10-18(2)15(20)13-8-7-11-5-3-4-6-12(11)17-13/h3-6,13,17H,7-10H2,1-2H3,(H,16,19). The van der Waals surface area contributed by atoms with E-state index in [9.17, 15) is 9.59 Å². The molecule has 1 aromatic carbocycles. The Hall–Kier alpha value is -2.04. The lowest BCUT2D eigenvalue weighted by atomic mass is 9.97. The van der Waals surface area contributed by atoms with Crippen molar-refractivity contribution in [3.63, 3.8) is 0 Å². The van der Waals surface area contributed by atoms with Crippen molar-refractivity contribution in [3.05, 3.63) is 29.8 Å². The Morgan fingerprint density at radius 2 is 2.15 bits per heavy atom. The van der Waals surface area contributed by atoms with E-state index in [1.54, 1.807) is 19.0 Å². The molecule has 1 aromatic rings. The smallest absolute Gasteiger partial charge is 0.244 e. The Labute approximate surface area is 119 Å². The molecule has 1 heterocycles. The molecule has 2 amide bonds. The van der Waals surface area contributed by atoms with Gasteiger partial charge in [0.15, 0.2) is 0 Å². The summed E-state index contributed by atoms with van der Waals surface area (Å²) in [6.45, 7) is 0.443. The molecule has 1 unspecified atom stereocenters. The largest absolute Gasteiger partial charge is 0.373 e. The first-order valence-electron chi connectivity index (χ1n) is 6.92. The van der Waals surface area contributed by atoms with Gasteiger partial charge in [-0.2, -0.15) is 0 Å². The lowest BCUT2D eigenvalue weighted by molar-refractivity contribution is -0.131. The fourth-order valence-electron chi connectivity index (χ4n) is 2.39. The average molecular weight is 275 g/mol. The van der Waals surface area contributed by atoms with Crippen LogP contribution in [0.25, 0.3) is 0 Å². The summed E-state index contributed by atoms with van der Waals surface area (Å²) < 4.78 is 0. The lowest BCUT2D eigenvalue weighted by Crippen LogP contribution is -2.43. The van der Waals surface area contributed by atoms with Crippen LogP contribution in [0.15, 0.2) is 24.3 Å². The highest BCUT2D eigenvalue weighted by Gasteiger charge is 2.26. The third-order valence-corrected chi connectivity index (χ3v) is 3.68. The number of aryl methyl sites for hydroxylation is 1. The first-order chi connectivity index (χ1) is 9.61. The molecule has 108 valence electrons. The molecule has 0 aromatic heterocycles. The summed E-state index contributed by atoms with van der Waals surface area (Å²) in [4.78, 5) is 25.2. The third-order valence-electron chi connectivity index (χ3n) is 3.68. The maximum atomic E-state index is 12.3. The quantitative estimate of drug-likeness (QED) is 0.862. The van der Waals surface area contributed by atoms with E-state index in [-0.39, 0.29) is 17.9 Å². The molecule has 20 heavy (non-hydrogen) atoms. The molecular formula is C15H21N3O2. The van der Waals surface area contributed by atoms with Crippen molar-refractivity contribution in [1.29, 1.82) is 0 Å². The Kier molecular flexibility index (Phi) is 4.61. The summed E-state index contributed by atoms with van der Waals surface area (Å²) in [5.74, 6) is -0.00462. The second-order valence-electron chi connectivity index (χ2n) is 5.08. The molecule has 0 saturated carbocycles. The van der Waals surface area contributed by atoms with Crippen LogP contribution in [0.4, 0.5) is 5.69 Å². The molecule has 1 aliphatic heterocycles. The van der Waals surface area contributed by atoms with Gasteiger partial charge in [0.05, 0.1) is 0 Å². The summed E-state index contributed by atoms with van der Waals surface area (Å²) in [5, 5.41) is 5.85. The molecule has 5 heteroatoms. The van der Waals surface area contributed by atoms with Gasteiger partial charge in [0.25, 0.3) is 0 Å². The van der Waals surface area contributed by atoms with Gasteiger partial charge in [-0.1, -0.05) is 18.2 Å². The van der Waals surface area contributed by atoms with E-state index in [1.807, 2.05) is 18.2 Å². The third kappa shape index (κ3) is 3.29. The molecule has 1 atom stereocenters. The van der Waals surface area contributed by atoms with Crippen LogP contribution >= 0.6 is 0 Å². The number of nitrogens with zero attached hydrogens (tertiary/aromatic N) is 1. The van der Waals surface area contributed by atoms with Gasteiger partial charge in [-0.05, 0) is 24.5 Å². The topological polar surface area (TPSA) is 61.4 Å². The molecule has 5 nitrogen and oxygen atoms in total. The second kappa shape index (κ2) is 6.41. The van der Waals surface area contributed by atoms with Gasteiger partial charge in [0.2, 0.25) is 11.8 Å². The molecule has 0 fully saturated rings. The summed E-state index contributed by atoms with van der Waals surface area (Å²) in [7, 11) is 3.34. The SMILES string of the molecule is CNC(=O)CCN(C)C(=O)C1CCc2ccccc2N1. The van der Waals surface area contributed by atoms with E-state index in [0.29, 0.717) is 13.0 Å². The maximum Gasteiger partial charge on any atom is 0.244 e. The van der Waals surface area contributed by atoms with Gasteiger partial charge < -0.3 is 15.5 Å². The van der Waals surface area contributed by atoms with Crippen molar-refractivity contribution < 1.29 is 9.59 Å². The first-order valence-corrected chi connectivity index (χ1v) is 6.92. The van der Waals surface area contributed by atoms with E-state index < -0.39 is 0 Å². The molecule has 0 radical (unpaired) electrons. The van der Waals surface area contributed by atoms with Crippen LogP contribution in [-0.2, 0) is 16.0 Å². The number of fused-ring (bicyclic) bond motifs is 1. The summed E-state index contributed by atoms with van der Waals surface area (Å²) in [6.07, 6.45) is 2.03. The van der Waals surface area contributed by atoms with E-state index in [2.05, 4.69) is 16.7 Å². The summed E-state index contributed by atoms with van der Waals surface area (Å²) in [5.41, 5.74) is 2.29. The van der Waals surface area contributed by atoms with Gasteiger partial charge in [-0.15, -0.1) is 0 Å². The van der Waals surface area contributed by atoms with Crippen LogP contribution in [0.3, 0.4) is 0 Å². The van der Waals surface area contributed by atoms with E-state index in [4.69, 9.17) is 0 Å². The molecule has 2 rings (SSSR count). The monoisotopic (exact) mass is 275 g/mol. The minimum atomic E-state index is -0.195. The number of benzene rings is 1. The van der Waals surface area contributed by atoms with Gasteiger partial charge in [-0.25, -0.2) is 0 Å². The zero-order valence-electron chi connectivity index (χ0n) is 12.0. The Balaban J connectivity index is 1.92. The van der Waals surface area contributed by atoms with Crippen LogP contribution in [0.1, 0.15) is 18.4 Å². The number of para-hydroxylation sites is 1. The zero-order chi connectivity index (χ0) is 14.5.